The Morgan fingerprint density at radius 2 is 1.85 bits per heavy atom. The number of nitriles is 1. The molecule has 2 aromatic carbocycles. The van der Waals surface area contributed by atoms with Crippen molar-refractivity contribution in [3.05, 3.63) is 53.6 Å². The van der Waals surface area contributed by atoms with Gasteiger partial charge in [0.25, 0.3) is 0 Å². The summed E-state index contributed by atoms with van der Waals surface area (Å²) in [6.07, 6.45) is 0. The first-order valence-corrected chi connectivity index (χ1v) is 10.1. The highest BCUT2D eigenvalue weighted by molar-refractivity contribution is 7.89. The molecule has 0 saturated heterocycles. The second-order valence-corrected chi connectivity index (χ2v) is 8.31. The third kappa shape index (κ3) is 5.46. The number of sulfonamides is 1. The lowest BCUT2D eigenvalue weighted by Gasteiger charge is -2.18. The number of rotatable bonds is 8. The number of methoxy groups -OCH3 is 1. The number of nitrogens with one attached hydrogen (secondary N) is 1. The topological polar surface area (TPSA) is 88.4 Å². The molecule has 6 nitrogen and oxygen atoms in total. The van der Waals surface area contributed by atoms with Gasteiger partial charge in [-0.05, 0) is 48.7 Å². The molecule has 0 aliphatic heterocycles. The lowest BCUT2D eigenvalue weighted by molar-refractivity contribution is 0.256. The molecule has 0 bridgehead atoms. The summed E-state index contributed by atoms with van der Waals surface area (Å²) < 4.78 is 38.9. The first kappa shape index (κ1) is 20.7. The van der Waals surface area contributed by atoms with E-state index in [1.165, 1.54) is 12.1 Å². The molecule has 27 heavy (non-hydrogen) atoms. The molecule has 2 rings (SSSR count). The standard InChI is InChI=1S/C20H24N2O4S/c1-14(2)13-26-19-9-8-17(11-20(19)25-4)15(3)22-27(23,24)18-7-5-6-16(10-18)12-21/h5-11,14-15,22H,13H2,1-4H3/t15-/m1/s1. The van der Waals surface area contributed by atoms with Gasteiger partial charge in [-0.15, -0.1) is 0 Å². The normalized spacial score (nSPS) is 12.4. The fourth-order valence-electron chi connectivity index (χ4n) is 2.43. The number of ether oxygens (including phenoxy) is 2. The highest BCUT2D eigenvalue weighted by atomic mass is 32.2. The van der Waals surface area contributed by atoms with Crippen molar-refractivity contribution >= 4 is 10.0 Å². The van der Waals surface area contributed by atoms with E-state index in [1.54, 1.807) is 44.4 Å². The van der Waals surface area contributed by atoms with E-state index in [1.807, 2.05) is 6.07 Å². The van der Waals surface area contributed by atoms with Crippen LogP contribution in [0.1, 0.15) is 37.9 Å². The van der Waals surface area contributed by atoms with Crippen molar-refractivity contribution in [1.82, 2.24) is 4.72 Å². The minimum Gasteiger partial charge on any atom is -0.493 e. The fourth-order valence-corrected chi connectivity index (χ4v) is 3.71. The molecular formula is C20H24N2O4S. The molecule has 0 heterocycles. The van der Waals surface area contributed by atoms with Crippen molar-refractivity contribution in [2.24, 2.45) is 5.92 Å². The quantitative estimate of drug-likeness (QED) is 0.746. The molecule has 0 spiro atoms. The summed E-state index contributed by atoms with van der Waals surface area (Å²) in [4.78, 5) is 0.0530. The third-order valence-electron chi connectivity index (χ3n) is 3.87. The van der Waals surface area contributed by atoms with Crippen LogP contribution >= 0.6 is 0 Å². The first-order chi connectivity index (χ1) is 12.8. The van der Waals surface area contributed by atoms with Crippen molar-refractivity contribution < 1.29 is 17.9 Å². The summed E-state index contributed by atoms with van der Waals surface area (Å²) in [6.45, 7) is 6.42. The second-order valence-electron chi connectivity index (χ2n) is 6.60. The smallest absolute Gasteiger partial charge is 0.241 e. The molecule has 144 valence electrons. The predicted octanol–water partition coefficient (Wildman–Crippen LogP) is 3.64. The third-order valence-corrected chi connectivity index (χ3v) is 5.40. The minimum atomic E-state index is -3.76. The molecule has 0 saturated carbocycles. The van der Waals surface area contributed by atoms with E-state index in [0.29, 0.717) is 29.6 Å². The summed E-state index contributed by atoms with van der Waals surface area (Å²) in [7, 11) is -2.22. The van der Waals surface area contributed by atoms with Crippen LogP contribution in [-0.4, -0.2) is 22.1 Å². The zero-order valence-corrected chi connectivity index (χ0v) is 16.7. The number of hydrogen-bond donors (Lipinski definition) is 1. The Balaban J connectivity index is 2.21. The lowest BCUT2D eigenvalue weighted by Crippen LogP contribution is -2.27. The molecule has 0 amide bonds. The van der Waals surface area contributed by atoms with E-state index in [9.17, 15) is 8.42 Å². The number of hydrogen-bond acceptors (Lipinski definition) is 5. The molecule has 2 aromatic rings. The number of benzene rings is 2. The summed E-state index contributed by atoms with van der Waals surface area (Å²) in [5.41, 5.74) is 1.03. The molecule has 0 radical (unpaired) electrons. The van der Waals surface area contributed by atoms with Gasteiger partial charge in [-0.25, -0.2) is 13.1 Å². The SMILES string of the molecule is COc1cc([C@@H](C)NS(=O)(=O)c2cccc(C#N)c2)ccc1OCC(C)C. The summed E-state index contributed by atoms with van der Waals surface area (Å²) in [5.74, 6) is 1.54. The summed E-state index contributed by atoms with van der Waals surface area (Å²) in [5, 5.41) is 8.96. The van der Waals surface area contributed by atoms with Crippen LogP contribution in [-0.2, 0) is 10.0 Å². The Hall–Kier alpha value is -2.56. The van der Waals surface area contributed by atoms with Crippen LogP contribution in [0.4, 0.5) is 0 Å². The van der Waals surface area contributed by atoms with Crippen molar-refractivity contribution in [3.63, 3.8) is 0 Å². The van der Waals surface area contributed by atoms with Crippen LogP contribution in [0.25, 0.3) is 0 Å². The monoisotopic (exact) mass is 388 g/mol. The van der Waals surface area contributed by atoms with Gasteiger partial charge in [0.05, 0.1) is 30.2 Å². The molecule has 0 aliphatic rings. The summed E-state index contributed by atoms with van der Waals surface area (Å²) >= 11 is 0. The maximum atomic E-state index is 12.6. The van der Waals surface area contributed by atoms with E-state index < -0.39 is 16.1 Å². The van der Waals surface area contributed by atoms with Crippen molar-refractivity contribution in [1.29, 1.82) is 5.26 Å². The van der Waals surface area contributed by atoms with Crippen molar-refractivity contribution in [2.45, 2.75) is 31.7 Å². The second kappa shape index (κ2) is 8.89. The van der Waals surface area contributed by atoms with Gasteiger partial charge in [0.2, 0.25) is 10.0 Å². The van der Waals surface area contributed by atoms with Crippen LogP contribution in [0.15, 0.2) is 47.4 Å². The zero-order chi connectivity index (χ0) is 20.0. The van der Waals surface area contributed by atoms with Gasteiger partial charge in [0.1, 0.15) is 0 Å². The average Bonchev–Trinajstić information content (AvgIpc) is 2.65. The van der Waals surface area contributed by atoms with Crippen molar-refractivity contribution in [2.75, 3.05) is 13.7 Å². The van der Waals surface area contributed by atoms with Gasteiger partial charge in [-0.1, -0.05) is 26.0 Å². The average molecular weight is 388 g/mol. The van der Waals surface area contributed by atoms with Gasteiger partial charge in [0.15, 0.2) is 11.5 Å². The largest absolute Gasteiger partial charge is 0.493 e. The molecular weight excluding hydrogens is 364 g/mol. The van der Waals surface area contributed by atoms with Crippen LogP contribution in [0.5, 0.6) is 11.5 Å². The van der Waals surface area contributed by atoms with Crippen LogP contribution in [0.3, 0.4) is 0 Å². The van der Waals surface area contributed by atoms with Gasteiger partial charge in [0, 0.05) is 6.04 Å². The maximum Gasteiger partial charge on any atom is 0.241 e. The van der Waals surface area contributed by atoms with Gasteiger partial charge in [-0.2, -0.15) is 5.26 Å². The maximum absolute atomic E-state index is 12.6. The molecule has 0 fully saturated rings. The molecule has 1 atom stereocenters. The molecule has 0 unspecified atom stereocenters. The van der Waals surface area contributed by atoms with E-state index in [4.69, 9.17) is 14.7 Å². The fraction of sp³-hybridized carbons (Fsp3) is 0.350. The molecule has 1 N–H and O–H groups in total. The highest BCUT2D eigenvalue weighted by Crippen LogP contribution is 2.31. The Morgan fingerprint density at radius 1 is 1.11 bits per heavy atom. The Kier molecular flexibility index (Phi) is 6.83. The first-order valence-electron chi connectivity index (χ1n) is 8.60. The highest BCUT2D eigenvalue weighted by Gasteiger charge is 2.20. The van der Waals surface area contributed by atoms with E-state index in [2.05, 4.69) is 18.6 Å². The van der Waals surface area contributed by atoms with Crippen LogP contribution < -0.4 is 14.2 Å². The van der Waals surface area contributed by atoms with E-state index >= 15 is 0 Å². The number of nitrogens with zero attached hydrogens (tertiary/aromatic N) is 1. The molecule has 0 aliphatic carbocycles. The Labute approximate surface area is 160 Å². The van der Waals surface area contributed by atoms with E-state index in [0.717, 1.165) is 5.56 Å². The molecule has 0 aromatic heterocycles. The predicted molar refractivity (Wildman–Crippen MR) is 103 cm³/mol. The van der Waals surface area contributed by atoms with Gasteiger partial charge < -0.3 is 9.47 Å². The van der Waals surface area contributed by atoms with Crippen molar-refractivity contribution in [3.8, 4) is 17.6 Å². The van der Waals surface area contributed by atoms with Gasteiger partial charge in [-0.3, -0.25) is 0 Å². The summed E-state index contributed by atoms with van der Waals surface area (Å²) in [6, 6.07) is 12.7. The Bertz CT molecular complexity index is 933. The molecule has 7 heteroatoms. The minimum absolute atomic E-state index is 0.0530. The van der Waals surface area contributed by atoms with Gasteiger partial charge >= 0.3 is 0 Å². The van der Waals surface area contributed by atoms with Crippen LogP contribution in [0, 0.1) is 17.2 Å². The Morgan fingerprint density at radius 3 is 2.48 bits per heavy atom. The zero-order valence-electron chi connectivity index (χ0n) is 15.9. The van der Waals surface area contributed by atoms with Crippen LogP contribution in [0.2, 0.25) is 0 Å². The van der Waals surface area contributed by atoms with E-state index in [-0.39, 0.29) is 4.90 Å². The lowest BCUT2D eigenvalue weighted by atomic mass is 10.1.